The fourth-order valence-electron chi connectivity index (χ4n) is 1.69. The first kappa shape index (κ1) is 14.6. The molecule has 2 aromatic rings. The van der Waals surface area contributed by atoms with Crippen molar-refractivity contribution in [3.8, 4) is 11.5 Å². The Kier molecular flexibility index (Phi) is 4.56. The van der Waals surface area contributed by atoms with Crippen LogP contribution in [0.5, 0.6) is 11.5 Å². The van der Waals surface area contributed by atoms with Gasteiger partial charge in [0, 0.05) is 0 Å². The molecule has 108 valence electrons. The molecule has 0 aliphatic carbocycles. The summed E-state index contributed by atoms with van der Waals surface area (Å²) in [7, 11) is 2.83. The minimum atomic E-state index is -0.500. The van der Waals surface area contributed by atoms with Gasteiger partial charge < -0.3 is 14.2 Å². The molecule has 0 radical (unpaired) electrons. The molecule has 0 atom stereocenters. The Morgan fingerprint density at radius 3 is 2.14 bits per heavy atom. The Labute approximate surface area is 122 Å². The predicted molar refractivity (Wildman–Crippen MR) is 75.7 cm³/mol. The van der Waals surface area contributed by atoms with Gasteiger partial charge in [-0.25, -0.2) is 9.59 Å². The Morgan fingerprint density at radius 2 is 1.52 bits per heavy atom. The molecule has 21 heavy (non-hydrogen) atoms. The van der Waals surface area contributed by atoms with E-state index >= 15 is 0 Å². The fraction of sp³-hybridized carbons (Fsp3) is 0.125. The molecule has 2 aromatic carbocycles. The van der Waals surface area contributed by atoms with Gasteiger partial charge in [0.05, 0.1) is 25.3 Å². The highest BCUT2D eigenvalue weighted by Crippen LogP contribution is 2.17. The third kappa shape index (κ3) is 3.60. The normalized spacial score (nSPS) is 9.81. The zero-order chi connectivity index (χ0) is 15.2. The van der Waals surface area contributed by atoms with E-state index in [0.717, 1.165) is 0 Å². The summed E-state index contributed by atoms with van der Waals surface area (Å²) in [6.07, 6.45) is 0. The van der Waals surface area contributed by atoms with Crippen LogP contribution in [0.1, 0.15) is 20.7 Å². The van der Waals surface area contributed by atoms with Gasteiger partial charge in [-0.15, -0.1) is 0 Å². The van der Waals surface area contributed by atoms with E-state index in [-0.39, 0.29) is 0 Å². The highest BCUT2D eigenvalue weighted by atomic mass is 16.5. The van der Waals surface area contributed by atoms with Crippen molar-refractivity contribution in [2.45, 2.75) is 0 Å². The molecule has 5 heteroatoms. The molecule has 0 N–H and O–H groups in total. The second-order valence-corrected chi connectivity index (χ2v) is 4.14. The van der Waals surface area contributed by atoms with Crippen LogP contribution in [-0.4, -0.2) is 26.2 Å². The van der Waals surface area contributed by atoms with Crippen molar-refractivity contribution in [3.05, 3.63) is 59.7 Å². The summed E-state index contributed by atoms with van der Waals surface area (Å²) in [6, 6.07) is 12.8. The SMILES string of the molecule is COC(=O)c1ccc(OC(=O)c2cccc(OC)c2)cc1. The number of esters is 2. The van der Waals surface area contributed by atoms with Crippen molar-refractivity contribution in [1.82, 2.24) is 0 Å². The molecule has 0 aliphatic rings. The summed E-state index contributed by atoms with van der Waals surface area (Å²) in [5, 5.41) is 0. The van der Waals surface area contributed by atoms with E-state index in [2.05, 4.69) is 4.74 Å². The summed E-state index contributed by atoms with van der Waals surface area (Å²) in [6.45, 7) is 0. The van der Waals surface area contributed by atoms with Gasteiger partial charge in [-0.2, -0.15) is 0 Å². The lowest BCUT2D eigenvalue weighted by Gasteiger charge is -2.06. The molecule has 0 bridgehead atoms. The highest BCUT2D eigenvalue weighted by molar-refractivity contribution is 5.92. The Hall–Kier alpha value is -2.82. The number of carbonyl (C=O) groups is 2. The van der Waals surface area contributed by atoms with Gasteiger partial charge in [-0.05, 0) is 42.5 Å². The number of hydrogen-bond donors (Lipinski definition) is 0. The van der Waals surface area contributed by atoms with Crippen LogP contribution in [0, 0.1) is 0 Å². The molecular formula is C16H14O5. The average molecular weight is 286 g/mol. The van der Waals surface area contributed by atoms with E-state index in [1.54, 1.807) is 24.3 Å². The fourth-order valence-corrected chi connectivity index (χ4v) is 1.69. The first-order valence-electron chi connectivity index (χ1n) is 6.18. The minimum absolute atomic E-state index is 0.343. The topological polar surface area (TPSA) is 61.8 Å². The molecular weight excluding hydrogens is 272 g/mol. The molecule has 2 rings (SSSR count). The van der Waals surface area contributed by atoms with Gasteiger partial charge in [0.15, 0.2) is 0 Å². The van der Waals surface area contributed by atoms with Crippen LogP contribution >= 0.6 is 0 Å². The van der Waals surface area contributed by atoms with Gasteiger partial charge in [0.2, 0.25) is 0 Å². The van der Waals surface area contributed by atoms with Gasteiger partial charge in [0.1, 0.15) is 11.5 Å². The number of methoxy groups -OCH3 is 2. The summed E-state index contributed by atoms with van der Waals surface area (Å²) < 4.78 is 14.9. The average Bonchev–Trinajstić information content (AvgIpc) is 2.54. The van der Waals surface area contributed by atoms with Gasteiger partial charge >= 0.3 is 11.9 Å². The lowest BCUT2D eigenvalue weighted by Crippen LogP contribution is -2.09. The third-order valence-electron chi connectivity index (χ3n) is 2.79. The van der Waals surface area contributed by atoms with E-state index in [1.165, 1.54) is 38.5 Å². The van der Waals surface area contributed by atoms with Crippen LogP contribution in [0.2, 0.25) is 0 Å². The van der Waals surface area contributed by atoms with Crippen molar-refractivity contribution >= 4 is 11.9 Å². The Morgan fingerprint density at radius 1 is 0.810 bits per heavy atom. The van der Waals surface area contributed by atoms with Crippen LogP contribution < -0.4 is 9.47 Å². The summed E-state index contributed by atoms with van der Waals surface area (Å²) in [4.78, 5) is 23.3. The van der Waals surface area contributed by atoms with E-state index in [0.29, 0.717) is 22.6 Å². The largest absolute Gasteiger partial charge is 0.497 e. The lowest BCUT2D eigenvalue weighted by molar-refractivity contribution is 0.0600. The summed E-state index contributed by atoms with van der Waals surface area (Å²) in [5.41, 5.74) is 0.769. The maximum atomic E-state index is 12.0. The molecule has 0 aliphatic heterocycles. The van der Waals surface area contributed by atoms with Crippen molar-refractivity contribution in [1.29, 1.82) is 0 Å². The Bertz CT molecular complexity index is 646. The smallest absolute Gasteiger partial charge is 0.343 e. The number of benzene rings is 2. The van der Waals surface area contributed by atoms with E-state index in [9.17, 15) is 9.59 Å². The third-order valence-corrected chi connectivity index (χ3v) is 2.79. The van der Waals surface area contributed by atoms with Gasteiger partial charge in [0.25, 0.3) is 0 Å². The Balaban J connectivity index is 2.10. The van der Waals surface area contributed by atoms with Crippen molar-refractivity contribution in [3.63, 3.8) is 0 Å². The minimum Gasteiger partial charge on any atom is -0.497 e. The van der Waals surface area contributed by atoms with E-state index < -0.39 is 11.9 Å². The van der Waals surface area contributed by atoms with Crippen molar-refractivity contribution in [2.75, 3.05) is 14.2 Å². The second-order valence-electron chi connectivity index (χ2n) is 4.14. The zero-order valence-electron chi connectivity index (χ0n) is 11.7. The molecule has 0 saturated heterocycles. The first-order valence-corrected chi connectivity index (χ1v) is 6.18. The van der Waals surface area contributed by atoms with Gasteiger partial charge in [-0.3, -0.25) is 0 Å². The molecule has 0 unspecified atom stereocenters. The number of carbonyl (C=O) groups excluding carboxylic acids is 2. The maximum absolute atomic E-state index is 12.0. The molecule has 0 fully saturated rings. The maximum Gasteiger partial charge on any atom is 0.343 e. The van der Waals surface area contributed by atoms with Crippen LogP contribution in [-0.2, 0) is 4.74 Å². The summed E-state index contributed by atoms with van der Waals surface area (Å²) >= 11 is 0. The molecule has 0 saturated carbocycles. The van der Waals surface area contributed by atoms with E-state index in [1.807, 2.05) is 0 Å². The number of hydrogen-bond acceptors (Lipinski definition) is 5. The number of ether oxygens (including phenoxy) is 3. The van der Waals surface area contributed by atoms with Crippen molar-refractivity contribution < 1.29 is 23.8 Å². The van der Waals surface area contributed by atoms with Crippen LogP contribution in [0.4, 0.5) is 0 Å². The van der Waals surface area contributed by atoms with Crippen LogP contribution in [0.25, 0.3) is 0 Å². The lowest BCUT2D eigenvalue weighted by atomic mass is 10.2. The molecule has 0 heterocycles. The molecule has 0 amide bonds. The van der Waals surface area contributed by atoms with E-state index in [4.69, 9.17) is 9.47 Å². The molecule has 0 spiro atoms. The second kappa shape index (κ2) is 6.56. The van der Waals surface area contributed by atoms with Gasteiger partial charge in [-0.1, -0.05) is 6.07 Å². The van der Waals surface area contributed by atoms with Crippen molar-refractivity contribution in [2.24, 2.45) is 0 Å². The zero-order valence-corrected chi connectivity index (χ0v) is 11.7. The monoisotopic (exact) mass is 286 g/mol. The summed E-state index contributed by atoms with van der Waals surface area (Å²) in [5.74, 6) is -0.0265. The molecule has 5 nitrogen and oxygen atoms in total. The van der Waals surface area contributed by atoms with Crippen LogP contribution in [0.3, 0.4) is 0 Å². The highest BCUT2D eigenvalue weighted by Gasteiger charge is 2.10. The molecule has 0 aromatic heterocycles. The standard InChI is InChI=1S/C16H14O5/c1-19-14-5-3-4-12(10-14)16(18)21-13-8-6-11(7-9-13)15(17)20-2/h3-10H,1-2H3. The van der Waals surface area contributed by atoms with Crippen LogP contribution in [0.15, 0.2) is 48.5 Å². The number of rotatable bonds is 4. The first-order chi connectivity index (χ1) is 10.1. The quantitative estimate of drug-likeness (QED) is 0.639. The predicted octanol–water partition coefficient (Wildman–Crippen LogP) is 2.70.